The van der Waals surface area contributed by atoms with Gasteiger partial charge >= 0.3 is 0 Å². The predicted molar refractivity (Wildman–Crippen MR) is 169 cm³/mol. The van der Waals surface area contributed by atoms with Gasteiger partial charge in [0.05, 0.1) is 28.4 Å². The fourth-order valence-electron chi connectivity index (χ4n) is 6.72. The van der Waals surface area contributed by atoms with Gasteiger partial charge in [-0.25, -0.2) is 0 Å². The lowest BCUT2D eigenvalue weighted by Crippen LogP contribution is -2.06. The number of hydrogen-bond donors (Lipinski definition) is 0. The highest BCUT2D eigenvalue weighted by Gasteiger charge is 2.32. The summed E-state index contributed by atoms with van der Waals surface area (Å²) in [7, 11) is 0. The third-order valence-electron chi connectivity index (χ3n) is 8.57. The van der Waals surface area contributed by atoms with Gasteiger partial charge in [-0.2, -0.15) is 5.26 Å². The van der Waals surface area contributed by atoms with Crippen LogP contribution in [0.1, 0.15) is 17.0 Å². The molecule has 7 aromatic rings. The van der Waals surface area contributed by atoms with Crippen LogP contribution >= 0.6 is 11.8 Å². The second kappa shape index (κ2) is 8.51. The summed E-state index contributed by atoms with van der Waals surface area (Å²) in [6.07, 6.45) is 8.99. The molecule has 4 heteroatoms. The maximum absolute atomic E-state index is 9.65. The Labute approximate surface area is 240 Å². The van der Waals surface area contributed by atoms with E-state index in [1.165, 1.54) is 21.6 Å². The van der Waals surface area contributed by atoms with Gasteiger partial charge in [-0.05, 0) is 53.1 Å². The minimum atomic E-state index is 0.439. The van der Waals surface area contributed by atoms with Crippen LogP contribution in [-0.2, 0) is 0 Å². The Morgan fingerprint density at radius 3 is 2.54 bits per heavy atom. The summed E-state index contributed by atoms with van der Waals surface area (Å²) in [5, 5.41) is 14.6. The summed E-state index contributed by atoms with van der Waals surface area (Å²) in [5.41, 5.74) is 9.32. The molecule has 5 aromatic carbocycles. The Morgan fingerprint density at radius 1 is 0.732 bits per heavy atom. The molecule has 0 saturated carbocycles. The first-order valence-electron chi connectivity index (χ1n) is 13.8. The Kier molecular flexibility index (Phi) is 4.73. The Morgan fingerprint density at radius 2 is 1.59 bits per heavy atom. The first-order chi connectivity index (χ1) is 20.3. The van der Waals surface area contributed by atoms with Crippen LogP contribution in [0.25, 0.3) is 60.6 Å². The van der Waals surface area contributed by atoms with Crippen LogP contribution in [0.4, 0.5) is 0 Å². The van der Waals surface area contributed by atoms with Crippen molar-refractivity contribution in [2.45, 2.75) is 16.1 Å². The van der Waals surface area contributed by atoms with Gasteiger partial charge in [0, 0.05) is 37.6 Å². The summed E-state index contributed by atoms with van der Waals surface area (Å²) in [5.74, 6) is 0.439. The summed E-state index contributed by atoms with van der Waals surface area (Å²) in [6.45, 7) is 0. The molecule has 3 nitrogen and oxygen atoms in total. The van der Waals surface area contributed by atoms with Crippen LogP contribution in [0.3, 0.4) is 0 Å². The van der Waals surface area contributed by atoms with Crippen molar-refractivity contribution in [1.82, 2.24) is 4.57 Å². The number of allylic oxidation sites excluding steroid dienone is 3. The van der Waals surface area contributed by atoms with E-state index in [1.54, 1.807) is 0 Å². The van der Waals surface area contributed by atoms with Gasteiger partial charge in [0.2, 0.25) is 0 Å². The molecular weight excluding hydrogens is 520 g/mol. The minimum absolute atomic E-state index is 0.439. The lowest BCUT2D eigenvalue weighted by molar-refractivity contribution is 0.666. The monoisotopic (exact) mass is 542 g/mol. The summed E-state index contributed by atoms with van der Waals surface area (Å²) < 4.78 is 8.85. The number of thioether (sulfide) groups is 1. The lowest BCUT2D eigenvalue weighted by Gasteiger charge is -2.14. The predicted octanol–water partition coefficient (Wildman–Crippen LogP) is 9.91. The molecule has 0 spiro atoms. The maximum Gasteiger partial charge on any atom is 0.159 e. The van der Waals surface area contributed by atoms with E-state index in [4.69, 9.17) is 4.42 Å². The molecular formula is C37H22N2OS. The number of aromatic nitrogens is 1. The smallest absolute Gasteiger partial charge is 0.159 e. The summed E-state index contributed by atoms with van der Waals surface area (Å²) in [4.78, 5) is 1.38. The van der Waals surface area contributed by atoms with E-state index in [1.807, 2.05) is 23.9 Å². The molecule has 2 atom stereocenters. The molecule has 0 fully saturated rings. The highest BCUT2D eigenvalue weighted by Crippen LogP contribution is 2.52. The van der Waals surface area contributed by atoms with Crippen molar-refractivity contribution in [3.8, 4) is 22.9 Å². The van der Waals surface area contributed by atoms with Crippen molar-refractivity contribution in [2.24, 2.45) is 0 Å². The van der Waals surface area contributed by atoms with Crippen LogP contribution in [0.5, 0.6) is 0 Å². The normalized spacial score (nSPS) is 17.4. The Bertz CT molecular complexity index is 2330. The SMILES string of the molecule is N#Cc1ccc2c3ccccc3n(-c3cccc4c3oc3ccc(-c5cccc6c5SC5C=CC=CC65)cc34)c2c1. The second-order valence-electron chi connectivity index (χ2n) is 10.8. The zero-order valence-electron chi connectivity index (χ0n) is 21.9. The summed E-state index contributed by atoms with van der Waals surface area (Å²) in [6, 6.07) is 36.3. The van der Waals surface area contributed by atoms with E-state index < -0.39 is 0 Å². The highest BCUT2D eigenvalue weighted by atomic mass is 32.2. The lowest BCUT2D eigenvalue weighted by atomic mass is 9.90. The van der Waals surface area contributed by atoms with Crippen LogP contribution in [0.15, 0.2) is 131 Å². The standard InChI is InChI=1S/C37H22N2OS/c38-21-22-15-17-26-25-7-1-3-12-31(25)39(33(26)19-22)32-13-6-10-28-30-20-23(16-18-34(30)40-36(28)32)24-9-5-11-29-27-8-2-4-14-35(27)41-37(24)29/h1-20,27,35H. The quantitative estimate of drug-likeness (QED) is 0.218. The molecule has 2 aromatic heterocycles. The topological polar surface area (TPSA) is 41.9 Å². The van der Waals surface area contributed by atoms with Crippen molar-refractivity contribution in [3.05, 3.63) is 132 Å². The average molecular weight is 543 g/mol. The molecule has 192 valence electrons. The number of fused-ring (bicyclic) bond motifs is 9. The molecule has 41 heavy (non-hydrogen) atoms. The zero-order chi connectivity index (χ0) is 27.1. The molecule has 1 aliphatic carbocycles. The van der Waals surface area contributed by atoms with Crippen LogP contribution in [0, 0.1) is 11.3 Å². The van der Waals surface area contributed by atoms with Gasteiger partial charge in [0.15, 0.2) is 5.58 Å². The molecule has 0 bridgehead atoms. The van der Waals surface area contributed by atoms with Gasteiger partial charge in [-0.15, -0.1) is 11.8 Å². The van der Waals surface area contributed by atoms with Gasteiger partial charge in [-0.1, -0.05) is 85.0 Å². The van der Waals surface area contributed by atoms with E-state index in [9.17, 15) is 5.26 Å². The number of para-hydroxylation sites is 2. The van der Waals surface area contributed by atoms with Crippen LogP contribution in [0.2, 0.25) is 0 Å². The molecule has 0 saturated heterocycles. The van der Waals surface area contributed by atoms with E-state index in [2.05, 4.69) is 120 Å². The molecule has 2 unspecified atom stereocenters. The molecule has 3 heterocycles. The van der Waals surface area contributed by atoms with E-state index in [-0.39, 0.29) is 0 Å². The Balaban J connectivity index is 1.27. The van der Waals surface area contributed by atoms with Gasteiger partial charge in [-0.3, -0.25) is 0 Å². The van der Waals surface area contributed by atoms with E-state index in [0.29, 0.717) is 16.7 Å². The highest BCUT2D eigenvalue weighted by molar-refractivity contribution is 8.00. The van der Waals surface area contributed by atoms with Crippen LogP contribution < -0.4 is 0 Å². The van der Waals surface area contributed by atoms with Crippen LogP contribution in [-0.4, -0.2) is 9.82 Å². The molecule has 9 rings (SSSR count). The fourth-order valence-corrected chi connectivity index (χ4v) is 8.20. The molecule has 2 aliphatic rings. The number of nitrogens with zero attached hydrogens (tertiary/aromatic N) is 2. The zero-order valence-corrected chi connectivity index (χ0v) is 22.7. The number of hydrogen-bond acceptors (Lipinski definition) is 3. The van der Waals surface area contributed by atoms with Crippen molar-refractivity contribution in [3.63, 3.8) is 0 Å². The first-order valence-corrected chi connectivity index (χ1v) is 14.7. The van der Waals surface area contributed by atoms with Crippen molar-refractivity contribution < 1.29 is 4.42 Å². The fraction of sp³-hybridized carbons (Fsp3) is 0.0541. The van der Waals surface area contributed by atoms with Crippen molar-refractivity contribution >= 4 is 55.5 Å². The van der Waals surface area contributed by atoms with Gasteiger partial charge in [0.25, 0.3) is 0 Å². The summed E-state index contributed by atoms with van der Waals surface area (Å²) >= 11 is 1.97. The first kappa shape index (κ1) is 22.8. The maximum atomic E-state index is 9.65. The third kappa shape index (κ3) is 3.21. The minimum Gasteiger partial charge on any atom is -0.454 e. The number of rotatable bonds is 2. The molecule has 0 amide bonds. The van der Waals surface area contributed by atoms with E-state index >= 15 is 0 Å². The van der Waals surface area contributed by atoms with Gasteiger partial charge in [0.1, 0.15) is 5.58 Å². The molecule has 0 radical (unpaired) electrons. The molecule has 0 N–H and O–H groups in total. The average Bonchev–Trinajstić information content (AvgIpc) is 3.70. The largest absolute Gasteiger partial charge is 0.454 e. The van der Waals surface area contributed by atoms with Gasteiger partial charge < -0.3 is 8.98 Å². The molecule has 1 aliphatic heterocycles. The van der Waals surface area contributed by atoms with Crippen molar-refractivity contribution in [2.75, 3.05) is 0 Å². The van der Waals surface area contributed by atoms with E-state index in [0.717, 1.165) is 49.4 Å². The Hall–Kier alpha value is -4.98. The second-order valence-corrected chi connectivity index (χ2v) is 12.0. The number of benzene rings is 5. The number of nitriles is 1. The third-order valence-corrected chi connectivity index (χ3v) is 9.99. The van der Waals surface area contributed by atoms with Crippen molar-refractivity contribution in [1.29, 1.82) is 5.26 Å². The number of furan rings is 1.